The Morgan fingerprint density at radius 2 is 2.00 bits per heavy atom. The Hall–Kier alpha value is -3.22. The Bertz CT molecular complexity index is 959. The molecule has 1 saturated heterocycles. The first-order valence-corrected chi connectivity index (χ1v) is 9.70. The van der Waals surface area contributed by atoms with Crippen LogP contribution in [0.25, 0.3) is 0 Å². The zero-order valence-electron chi connectivity index (χ0n) is 16.9. The summed E-state index contributed by atoms with van der Waals surface area (Å²) in [6, 6.07) is 10.8. The summed E-state index contributed by atoms with van der Waals surface area (Å²) in [7, 11) is 5.17. The molecule has 0 aromatic heterocycles. The van der Waals surface area contributed by atoms with Crippen LogP contribution in [0.5, 0.6) is 11.5 Å². The lowest BCUT2D eigenvalue weighted by Crippen LogP contribution is -2.50. The molecule has 2 amide bonds. The lowest BCUT2D eigenvalue weighted by Gasteiger charge is -2.40. The van der Waals surface area contributed by atoms with Crippen LogP contribution in [0.1, 0.15) is 39.1 Å². The second-order valence-electron chi connectivity index (χ2n) is 7.32. The van der Waals surface area contributed by atoms with Crippen LogP contribution < -0.4 is 19.7 Å². The lowest BCUT2D eigenvalue weighted by molar-refractivity contribution is 0.0719. The maximum absolute atomic E-state index is 12.8. The summed E-state index contributed by atoms with van der Waals surface area (Å²) in [5, 5.41) is 2.93. The van der Waals surface area contributed by atoms with Crippen LogP contribution in [0.3, 0.4) is 0 Å². The molecule has 2 aromatic rings. The molecular formula is C22H25N3O4. The summed E-state index contributed by atoms with van der Waals surface area (Å²) in [5.74, 6) is 1.21. The molecule has 1 N–H and O–H groups in total. The summed E-state index contributed by atoms with van der Waals surface area (Å²) in [6.45, 7) is 1.12. The van der Waals surface area contributed by atoms with Gasteiger partial charge in [0, 0.05) is 37.3 Å². The fourth-order valence-corrected chi connectivity index (χ4v) is 4.12. The molecule has 1 atom stereocenters. The molecule has 7 heteroatoms. The van der Waals surface area contributed by atoms with Crippen LogP contribution in [0.15, 0.2) is 36.4 Å². The zero-order chi connectivity index (χ0) is 20.5. The number of fused-ring (bicyclic) bond motifs is 2. The van der Waals surface area contributed by atoms with Gasteiger partial charge >= 0.3 is 0 Å². The largest absolute Gasteiger partial charge is 0.497 e. The van der Waals surface area contributed by atoms with E-state index in [2.05, 4.69) is 10.2 Å². The topological polar surface area (TPSA) is 71.1 Å². The molecule has 2 heterocycles. The smallest absolute Gasteiger partial charge is 0.257 e. The number of methoxy groups -OCH3 is 2. The third-order valence-corrected chi connectivity index (χ3v) is 5.73. The molecule has 0 saturated carbocycles. The number of hydrogen-bond donors (Lipinski definition) is 1. The van der Waals surface area contributed by atoms with Gasteiger partial charge in [-0.2, -0.15) is 0 Å². The standard InChI is InChI=1S/C22H25N3O4/c1-24-18-11-14(7-9-17(18)22(27)25-10-4-5-20(24)25)21(26)23-13-15-6-8-16(28-2)12-19(15)29-3/h6-9,11-12,20H,4-5,10,13H2,1-3H3,(H,23,26). The molecule has 0 bridgehead atoms. The number of nitrogens with zero attached hydrogens (tertiary/aromatic N) is 2. The summed E-state index contributed by atoms with van der Waals surface area (Å²) < 4.78 is 10.6. The third-order valence-electron chi connectivity index (χ3n) is 5.73. The van der Waals surface area contributed by atoms with E-state index in [9.17, 15) is 9.59 Å². The molecule has 2 aromatic carbocycles. The average molecular weight is 395 g/mol. The van der Waals surface area contributed by atoms with E-state index in [4.69, 9.17) is 9.47 Å². The van der Waals surface area contributed by atoms with Crippen LogP contribution in [0.4, 0.5) is 5.69 Å². The van der Waals surface area contributed by atoms with Gasteiger partial charge in [0.15, 0.2) is 0 Å². The number of benzene rings is 2. The van der Waals surface area contributed by atoms with Crippen molar-refractivity contribution in [2.24, 2.45) is 0 Å². The molecule has 7 nitrogen and oxygen atoms in total. The monoisotopic (exact) mass is 395 g/mol. The second kappa shape index (κ2) is 7.66. The van der Waals surface area contributed by atoms with Crippen LogP contribution in [0, 0.1) is 0 Å². The van der Waals surface area contributed by atoms with E-state index in [1.807, 2.05) is 30.1 Å². The first kappa shape index (κ1) is 19.1. The minimum Gasteiger partial charge on any atom is -0.497 e. The fourth-order valence-electron chi connectivity index (χ4n) is 4.12. The van der Waals surface area contributed by atoms with Crippen LogP contribution in [0.2, 0.25) is 0 Å². The van der Waals surface area contributed by atoms with E-state index in [-0.39, 0.29) is 18.0 Å². The highest BCUT2D eigenvalue weighted by Crippen LogP contribution is 2.35. The Kier molecular flexibility index (Phi) is 5.05. The summed E-state index contributed by atoms with van der Waals surface area (Å²) >= 11 is 0. The van der Waals surface area contributed by atoms with Crippen molar-refractivity contribution in [1.29, 1.82) is 0 Å². The maximum Gasteiger partial charge on any atom is 0.257 e. The van der Waals surface area contributed by atoms with Gasteiger partial charge in [-0.3, -0.25) is 9.59 Å². The Morgan fingerprint density at radius 3 is 2.76 bits per heavy atom. The molecule has 0 aliphatic carbocycles. The summed E-state index contributed by atoms with van der Waals surface area (Å²) in [5.41, 5.74) is 2.85. The van der Waals surface area contributed by atoms with Crippen molar-refractivity contribution in [1.82, 2.24) is 10.2 Å². The number of rotatable bonds is 5. The van der Waals surface area contributed by atoms with E-state index >= 15 is 0 Å². The van der Waals surface area contributed by atoms with Crippen molar-refractivity contribution in [3.63, 3.8) is 0 Å². The lowest BCUT2D eigenvalue weighted by atomic mass is 10.0. The predicted molar refractivity (Wildman–Crippen MR) is 110 cm³/mol. The van der Waals surface area contributed by atoms with Crippen molar-refractivity contribution < 1.29 is 19.1 Å². The van der Waals surface area contributed by atoms with Gasteiger partial charge in [0.25, 0.3) is 11.8 Å². The molecule has 29 heavy (non-hydrogen) atoms. The Labute approximate surface area is 170 Å². The first-order chi connectivity index (χ1) is 14.0. The molecule has 1 fully saturated rings. The highest BCUT2D eigenvalue weighted by atomic mass is 16.5. The fraction of sp³-hybridized carbons (Fsp3) is 0.364. The molecule has 0 radical (unpaired) electrons. The highest BCUT2D eigenvalue weighted by Gasteiger charge is 2.38. The van der Waals surface area contributed by atoms with Gasteiger partial charge in [-0.1, -0.05) is 0 Å². The van der Waals surface area contributed by atoms with Crippen LogP contribution in [-0.4, -0.2) is 50.7 Å². The van der Waals surface area contributed by atoms with Crippen LogP contribution in [-0.2, 0) is 6.54 Å². The van der Waals surface area contributed by atoms with Gasteiger partial charge in [-0.05, 0) is 43.2 Å². The minimum absolute atomic E-state index is 0.0514. The second-order valence-corrected chi connectivity index (χ2v) is 7.32. The van der Waals surface area contributed by atoms with E-state index in [1.54, 1.807) is 32.4 Å². The quantitative estimate of drug-likeness (QED) is 0.843. The third kappa shape index (κ3) is 3.37. The number of nitrogens with one attached hydrogen (secondary N) is 1. The zero-order valence-corrected chi connectivity index (χ0v) is 16.9. The van der Waals surface area contributed by atoms with Crippen molar-refractivity contribution >= 4 is 17.5 Å². The van der Waals surface area contributed by atoms with Crippen molar-refractivity contribution in [3.05, 3.63) is 53.1 Å². The van der Waals surface area contributed by atoms with Gasteiger partial charge < -0.3 is 24.6 Å². The number of amides is 2. The molecule has 0 spiro atoms. The Balaban J connectivity index is 1.52. The van der Waals surface area contributed by atoms with Gasteiger partial charge in [-0.15, -0.1) is 0 Å². The molecule has 1 unspecified atom stereocenters. The van der Waals surface area contributed by atoms with E-state index in [0.29, 0.717) is 29.2 Å². The van der Waals surface area contributed by atoms with E-state index in [1.165, 1.54) is 0 Å². The van der Waals surface area contributed by atoms with E-state index in [0.717, 1.165) is 30.6 Å². The average Bonchev–Trinajstić information content (AvgIpc) is 3.25. The van der Waals surface area contributed by atoms with Gasteiger partial charge in [0.1, 0.15) is 17.7 Å². The first-order valence-electron chi connectivity index (χ1n) is 9.70. The number of hydrogen-bond acceptors (Lipinski definition) is 5. The van der Waals surface area contributed by atoms with Gasteiger partial charge in [0.05, 0.1) is 25.5 Å². The SMILES string of the molecule is COc1ccc(CNC(=O)c2ccc3c(c2)N(C)C2CCCN2C3=O)c(OC)c1. The maximum atomic E-state index is 12.8. The van der Waals surface area contributed by atoms with Gasteiger partial charge in [0.2, 0.25) is 0 Å². The number of anilines is 1. The highest BCUT2D eigenvalue weighted by molar-refractivity contribution is 6.04. The van der Waals surface area contributed by atoms with Crippen molar-refractivity contribution in [3.8, 4) is 11.5 Å². The molecule has 152 valence electrons. The summed E-state index contributed by atoms with van der Waals surface area (Å²) in [6.07, 6.45) is 2.04. The molecular weight excluding hydrogens is 370 g/mol. The van der Waals surface area contributed by atoms with Crippen molar-refractivity contribution in [2.75, 3.05) is 32.7 Å². The van der Waals surface area contributed by atoms with E-state index < -0.39 is 0 Å². The molecule has 2 aliphatic rings. The minimum atomic E-state index is -0.194. The number of carbonyl (C=O) groups excluding carboxylic acids is 2. The van der Waals surface area contributed by atoms with Crippen LogP contribution >= 0.6 is 0 Å². The molecule has 4 rings (SSSR count). The normalized spacial score (nSPS) is 17.6. The Morgan fingerprint density at radius 1 is 1.17 bits per heavy atom. The number of ether oxygens (including phenoxy) is 2. The molecule has 2 aliphatic heterocycles. The number of carbonyl (C=O) groups is 2. The predicted octanol–water partition coefficient (Wildman–Crippen LogP) is 2.65. The van der Waals surface area contributed by atoms with Crippen molar-refractivity contribution in [2.45, 2.75) is 25.6 Å². The summed E-state index contributed by atoms with van der Waals surface area (Å²) in [4.78, 5) is 29.5. The van der Waals surface area contributed by atoms with Gasteiger partial charge in [-0.25, -0.2) is 0 Å².